The van der Waals surface area contributed by atoms with Gasteiger partial charge in [-0.25, -0.2) is 0 Å². The lowest BCUT2D eigenvalue weighted by molar-refractivity contribution is 0.259. The molecule has 2 atom stereocenters. The van der Waals surface area contributed by atoms with Crippen LogP contribution < -0.4 is 10.5 Å². The van der Waals surface area contributed by atoms with Gasteiger partial charge in [0.25, 0.3) is 10.2 Å². The van der Waals surface area contributed by atoms with E-state index in [1.165, 1.54) is 0 Å². The van der Waals surface area contributed by atoms with E-state index in [-0.39, 0.29) is 12.6 Å². The first-order valence-corrected chi connectivity index (χ1v) is 8.89. The molecule has 0 spiro atoms. The molecule has 2 unspecified atom stereocenters. The summed E-state index contributed by atoms with van der Waals surface area (Å²) in [5, 5.41) is 0. The smallest absolute Gasteiger partial charge is 0.280 e. The second-order valence-corrected chi connectivity index (χ2v) is 7.59. The number of rotatable bonds is 5. The molecule has 6 heteroatoms. The molecule has 1 aromatic rings. The van der Waals surface area contributed by atoms with E-state index in [0.29, 0.717) is 6.54 Å². The van der Waals surface area contributed by atoms with Crippen molar-refractivity contribution in [3.8, 4) is 0 Å². The Morgan fingerprint density at radius 3 is 2.57 bits per heavy atom. The quantitative estimate of drug-likeness (QED) is 0.866. The lowest BCUT2D eigenvalue weighted by Crippen LogP contribution is -2.56. The Bertz CT molecular complexity index is 562. The van der Waals surface area contributed by atoms with Crippen molar-refractivity contribution in [2.75, 3.05) is 13.1 Å². The number of nitrogens with zero attached hydrogens (tertiary/aromatic N) is 1. The maximum absolute atomic E-state index is 12.7. The zero-order chi connectivity index (χ0) is 15.5. The third kappa shape index (κ3) is 3.63. The number of hydrogen-bond acceptors (Lipinski definition) is 3. The molecule has 0 saturated carbocycles. The molecular formula is C15H25N3O2S. The predicted octanol–water partition coefficient (Wildman–Crippen LogP) is 1.57. The monoisotopic (exact) mass is 311 g/mol. The largest absolute Gasteiger partial charge is 0.328 e. The Balaban J connectivity index is 2.25. The average Bonchev–Trinajstić information content (AvgIpc) is 2.48. The molecule has 0 bridgehead atoms. The Labute approximate surface area is 127 Å². The summed E-state index contributed by atoms with van der Waals surface area (Å²) in [4.78, 5) is 0. The van der Waals surface area contributed by atoms with Crippen molar-refractivity contribution in [2.24, 2.45) is 5.73 Å². The van der Waals surface area contributed by atoms with Gasteiger partial charge in [-0.15, -0.1) is 0 Å². The van der Waals surface area contributed by atoms with Crippen LogP contribution in [0.3, 0.4) is 0 Å². The molecule has 1 aliphatic rings. The second kappa shape index (κ2) is 6.44. The summed E-state index contributed by atoms with van der Waals surface area (Å²) in [6.07, 6.45) is 2.90. The first kappa shape index (κ1) is 16.4. The van der Waals surface area contributed by atoms with Crippen LogP contribution in [0.2, 0.25) is 0 Å². The minimum absolute atomic E-state index is 0.0362. The van der Waals surface area contributed by atoms with Crippen molar-refractivity contribution in [2.45, 2.75) is 44.7 Å². The van der Waals surface area contributed by atoms with Crippen LogP contribution in [0.15, 0.2) is 30.3 Å². The molecule has 21 heavy (non-hydrogen) atoms. The van der Waals surface area contributed by atoms with Crippen LogP contribution >= 0.6 is 0 Å². The Morgan fingerprint density at radius 2 is 2.00 bits per heavy atom. The lowest BCUT2D eigenvalue weighted by Gasteiger charge is -2.37. The van der Waals surface area contributed by atoms with Gasteiger partial charge in [-0.3, -0.25) is 0 Å². The third-order valence-electron chi connectivity index (χ3n) is 4.22. The Kier molecular flexibility index (Phi) is 5.03. The molecule has 1 saturated heterocycles. The van der Waals surface area contributed by atoms with Crippen molar-refractivity contribution in [1.29, 1.82) is 0 Å². The summed E-state index contributed by atoms with van der Waals surface area (Å²) in [5.74, 6) is 0. The van der Waals surface area contributed by atoms with E-state index < -0.39 is 15.7 Å². The zero-order valence-electron chi connectivity index (χ0n) is 12.7. The minimum atomic E-state index is -3.55. The van der Waals surface area contributed by atoms with Gasteiger partial charge in [-0.1, -0.05) is 36.8 Å². The summed E-state index contributed by atoms with van der Waals surface area (Å²) < 4.78 is 29.8. The molecule has 0 amide bonds. The van der Waals surface area contributed by atoms with E-state index in [1.807, 2.05) is 44.2 Å². The van der Waals surface area contributed by atoms with Gasteiger partial charge < -0.3 is 5.73 Å². The number of nitrogens with two attached hydrogens (primary N) is 1. The molecule has 2 rings (SSSR count). The van der Waals surface area contributed by atoms with Gasteiger partial charge in [0.15, 0.2) is 0 Å². The van der Waals surface area contributed by atoms with Gasteiger partial charge in [0.2, 0.25) is 0 Å². The third-order valence-corrected chi connectivity index (χ3v) is 6.09. The molecule has 1 fully saturated rings. The first-order chi connectivity index (χ1) is 9.89. The second-order valence-electron chi connectivity index (χ2n) is 5.96. The Hall–Kier alpha value is -0.950. The SMILES string of the molecule is CC1CCCCN1S(=O)(=O)NC(C)(CN)c1ccccc1. The fourth-order valence-corrected chi connectivity index (χ4v) is 4.63. The van der Waals surface area contributed by atoms with Crippen LogP contribution in [0.1, 0.15) is 38.7 Å². The summed E-state index contributed by atoms with van der Waals surface area (Å²) in [6.45, 7) is 4.57. The van der Waals surface area contributed by atoms with Crippen LogP contribution in [0.4, 0.5) is 0 Å². The highest BCUT2D eigenvalue weighted by Gasteiger charge is 2.36. The Morgan fingerprint density at radius 1 is 1.33 bits per heavy atom. The van der Waals surface area contributed by atoms with Gasteiger partial charge in [-0.05, 0) is 32.3 Å². The lowest BCUT2D eigenvalue weighted by atomic mass is 9.94. The average molecular weight is 311 g/mol. The van der Waals surface area contributed by atoms with E-state index in [0.717, 1.165) is 24.8 Å². The fraction of sp³-hybridized carbons (Fsp3) is 0.600. The van der Waals surface area contributed by atoms with Crippen LogP contribution in [0, 0.1) is 0 Å². The minimum Gasteiger partial charge on any atom is -0.328 e. The maximum atomic E-state index is 12.7. The first-order valence-electron chi connectivity index (χ1n) is 7.45. The molecule has 5 nitrogen and oxygen atoms in total. The normalized spacial score (nSPS) is 23.7. The summed E-state index contributed by atoms with van der Waals surface area (Å²) in [7, 11) is -3.55. The molecule has 3 N–H and O–H groups in total. The van der Waals surface area contributed by atoms with Crippen molar-refractivity contribution >= 4 is 10.2 Å². The highest BCUT2D eigenvalue weighted by atomic mass is 32.2. The fourth-order valence-electron chi connectivity index (χ4n) is 2.80. The molecular weight excluding hydrogens is 286 g/mol. The van der Waals surface area contributed by atoms with E-state index in [2.05, 4.69) is 4.72 Å². The molecule has 1 aromatic carbocycles. The van der Waals surface area contributed by atoms with Gasteiger partial charge in [-0.2, -0.15) is 17.4 Å². The summed E-state index contributed by atoms with van der Waals surface area (Å²) >= 11 is 0. The number of benzene rings is 1. The van der Waals surface area contributed by atoms with Gasteiger partial charge in [0.1, 0.15) is 0 Å². The number of hydrogen-bond donors (Lipinski definition) is 2. The molecule has 0 aliphatic carbocycles. The molecule has 0 aromatic heterocycles. The van der Waals surface area contributed by atoms with E-state index >= 15 is 0 Å². The highest BCUT2D eigenvalue weighted by molar-refractivity contribution is 7.87. The van der Waals surface area contributed by atoms with E-state index in [1.54, 1.807) is 4.31 Å². The summed E-state index contributed by atoms with van der Waals surface area (Å²) in [6, 6.07) is 9.52. The highest BCUT2D eigenvalue weighted by Crippen LogP contribution is 2.24. The molecule has 1 aliphatic heterocycles. The van der Waals surface area contributed by atoms with Gasteiger partial charge in [0, 0.05) is 19.1 Å². The number of nitrogens with one attached hydrogen (secondary N) is 1. The van der Waals surface area contributed by atoms with Crippen molar-refractivity contribution < 1.29 is 8.42 Å². The molecule has 0 radical (unpaired) electrons. The zero-order valence-corrected chi connectivity index (χ0v) is 13.6. The van der Waals surface area contributed by atoms with E-state index in [9.17, 15) is 8.42 Å². The predicted molar refractivity (Wildman–Crippen MR) is 84.9 cm³/mol. The topological polar surface area (TPSA) is 75.4 Å². The van der Waals surface area contributed by atoms with Gasteiger partial charge in [0.05, 0.1) is 5.54 Å². The molecule has 118 valence electrons. The maximum Gasteiger partial charge on any atom is 0.280 e. The van der Waals surface area contributed by atoms with Crippen molar-refractivity contribution in [1.82, 2.24) is 9.03 Å². The van der Waals surface area contributed by atoms with Crippen molar-refractivity contribution in [3.05, 3.63) is 35.9 Å². The summed E-state index contributed by atoms with van der Waals surface area (Å²) in [5.41, 5.74) is 5.95. The van der Waals surface area contributed by atoms with Crippen LogP contribution in [-0.2, 0) is 15.7 Å². The number of piperidine rings is 1. The standard InChI is InChI=1S/C15H25N3O2S/c1-13-8-6-7-11-18(13)21(19,20)17-15(2,12-16)14-9-4-3-5-10-14/h3-5,9-10,13,17H,6-8,11-12,16H2,1-2H3. The van der Waals surface area contributed by atoms with Gasteiger partial charge >= 0.3 is 0 Å². The van der Waals surface area contributed by atoms with Crippen molar-refractivity contribution in [3.63, 3.8) is 0 Å². The molecule has 1 heterocycles. The van der Waals surface area contributed by atoms with E-state index in [4.69, 9.17) is 5.73 Å². The van der Waals surface area contributed by atoms with Crippen LogP contribution in [-0.4, -0.2) is 31.9 Å². The van der Waals surface area contributed by atoms with Crippen LogP contribution in [0.25, 0.3) is 0 Å². The van der Waals surface area contributed by atoms with Crippen LogP contribution in [0.5, 0.6) is 0 Å².